The smallest absolute Gasteiger partial charge is 0.0610 e. The van der Waals surface area contributed by atoms with E-state index in [1.54, 1.807) is 0 Å². The van der Waals surface area contributed by atoms with Crippen LogP contribution in [0, 0.1) is 0 Å². The molecule has 1 aromatic heterocycles. The van der Waals surface area contributed by atoms with Gasteiger partial charge in [-0.15, -0.1) is 0 Å². The van der Waals surface area contributed by atoms with E-state index in [9.17, 15) is 0 Å². The lowest BCUT2D eigenvalue weighted by atomic mass is 10.0. The third-order valence-corrected chi connectivity index (χ3v) is 2.50. The number of nitrogens with one attached hydrogen (secondary N) is 2. The summed E-state index contributed by atoms with van der Waals surface area (Å²) in [5.74, 6) is 0. The Morgan fingerprint density at radius 1 is 1.62 bits per heavy atom. The van der Waals surface area contributed by atoms with Gasteiger partial charge in [0.1, 0.15) is 0 Å². The van der Waals surface area contributed by atoms with Crippen molar-refractivity contribution in [3.05, 3.63) is 24.0 Å². The van der Waals surface area contributed by atoms with E-state index in [0.29, 0.717) is 0 Å². The van der Waals surface area contributed by atoms with E-state index in [2.05, 4.69) is 17.2 Å². The lowest BCUT2D eigenvalue weighted by molar-refractivity contribution is 0.168. The zero-order chi connectivity index (χ0) is 9.73. The van der Waals surface area contributed by atoms with Gasteiger partial charge < -0.3 is 15.4 Å². The first-order valence-electron chi connectivity index (χ1n) is 4.68. The molecule has 1 heterocycles. The maximum absolute atomic E-state index is 9.14. The van der Waals surface area contributed by atoms with E-state index in [-0.39, 0.29) is 12.1 Å². The van der Waals surface area contributed by atoms with Gasteiger partial charge in [0.05, 0.1) is 6.61 Å². The van der Waals surface area contributed by atoms with Crippen LogP contribution in [0.3, 0.4) is 0 Å². The Kier molecular flexibility index (Phi) is 3.51. The highest BCUT2D eigenvalue weighted by Crippen LogP contribution is 2.08. The van der Waals surface area contributed by atoms with Crippen LogP contribution in [-0.4, -0.2) is 22.2 Å². The summed E-state index contributed by atoms with van der Waals surface area (Å²) in [6, 6.07) is 4.00. The summed E-state index contributed by atoms with van der Waals surface area (Å²) < 4.78 is 0. The molecule has 3 heteroatoms. The highest BCUT2D eigenvalue weighted by Gasteiger charge is 2.19. The molecule has 1 aromatic rings. The molecule has 0 radical (unpaired) electrons. The quantitative estimate of drug-likeness (QED) is 0.642. The van der Waals surface area contributed by atoms with Crippen molar-refractivity contribution in [1.82, 2.24) is 10.3 Å². The predicted octanol–water partition coefficient (Wildman–Crippen LogP) is 1.27. The van der Waals surface area contributed by atoms with Gasteiger partial charge in [0.15, 0.2) is 0 Å². The van der Waals surface area contributed by atoms with Gasteiger partial charge in [-0.05, 0) is 25.5 Å². The Bertz CT molecular complexity index is 227. The number of aliphatic hydroxyl groups excluding tert-OH is 1. The van der Waals surface area contributed by atoms with Crippen molar-refractivity contribution in [3.8, 4) is 0 Å². The van der Waals surface area contributed by atoms with Crippen LogP contribution in [0.25, 0.3) is 0 Å². The highest BCUT2D eigenvalue weighted by molar-refractivity contribution is 5.03. The standard InChI is InChI=1S/C10H18N2O/c1-3-10(2,8-13)12-7-9-5-4-6-11-9/h4-6,11-13H,3,7-8H2,1-2H3. The van der Waals surface area contributed by atoms with E-state index >= 15 is 0 Å². The average molecular weight is 182 g/mol. The molecule has 74 valence electrons. The minimum atomic E-state index is -0.162. The van der Waals surface area contributed by atoms with E-state index in [4.69, 9.17) is 5.11 Å². The highest BCUT2D eigenvalue weighted by atomic mass is 16.3. The molecule has 0 fully saturated rings. The summed E-state index contributed by atoms with van der Waals surface area (Å²) in [5, 5.41) is 12.5. The number of aromatic amines is 1. The lowest BCUT2D eigenvalue weighted by Crippen LogP contribution is -2.44. The number of aromatic nitrogens is 1. The Labute approximate surface area is 79.2 Å². The Hall–Kier alpha value is -0.800. The molecule has 0 aliphatic rings. The van der Waals surface area contributed by atoms with Crippen molar-refractivity contribution in [1.29, 1.82) is 0 Å². The molecule has 0 amide bonds. The lowest BCUT2D eigenvalue weighted by Gasteiger charge is -2.27. The third-order valence-electron chi connectivity index (χ3n) is 2.50. The maximum Gasteiger partial charge on any atom is 0.0610 e. The van der Waals surface area contributed by atoms with Crippen LogP contribution < -0.4 is 5.32 Å². The molecule has 0 saturated heterocycles. The first kappa shape index (κ1) is 10.3. The number of H-pyrrole nitrogens is 1. The second-order valence-corrected chi connectivity index (χ2v) is 3.62. The molecule has 0 bridgehead atoms. The van der Waals surface area contributed by atoms with Crippen LogP contribution in [-0.2, 0) is 6.54 Å². The SMILES string of the molecule is CCC(C)(CO)NCc1ccc[nH]1. The van der Waals surface area contributed by atoms with Crippen LogP contribution in [0.15, 0.2) is 18.3 Å². The summed E-state index contributed by atoms with van der Waals surface area (Å²) in [7, 11) is 0. The van der Waals surface area contributed by atoms with Gasteiger partial charge in [0.25, 0.3) is 0 Å². The first-order chi connectivity index (χ1) is 6.20. The molecular formula is C10H18N2O. The number of hydrogen-bond donors (Lipinski definition) is 3. The van der Waals surface area contributed by atoms with E-state index < -0.39 is 0 Å². The van der Waals surface area contributed by atoms with E-state index in [0.717, 1.165) is 18.7 Å². The second-order valence-electron chi connectivity index (χ2n) is 3.62. The van der Waals surface area contributed by atoms with E-state index in [1.807, 2.05) is 25.3 Å². The summed E-state index contributed by atoms with van der Waals surface area (Å²) >= 11 is 0. The van der Waals surface area contributed by atoms with Crippen LogP contribution in [0.1, 0.15) is 26.0 Å². The molecule has 3 nitrogen and oxygen atoms in total. The van der Waals surface area contributed by atoms with Crippen LogP contribution in [0.5, 0.6) is 0 Å². The molecule has 0 aliphatic carbocycles. The molecule has 0 aromatic carbocycles. The molecule has 3 N–H and O–H groups in total. The van der Waals surface area contributed by atoms with Crippen molar-refractivity contribution >= 4 is 0 Å². The van der Waals surface area contributed by atoms with Gasteiger partial charge in [-0.3, -0.25) is 0 Å². The van der Waals surface area contributed by atoms with Gasteiger partial charge in [-0.25, -0.2) is 0 Å². The van der Waals surface area contributed by atoms with Crippen molar-refractivity contribution in [3.63, 3.8) is 0 Å². The summed E-state index contributed by atoms with van der Waals surface area (Å²) in [5.41, 5.74) is 0.985. The average Bonchev–Trinajstić information content (AvgIpc) is 2.67. The van der Waals surface area contributed by atoms with E-state index in [1.165, 1.54) is 0 Å². The Morgan fingerprint density at radius 2 is 2.38 bits per heavy atom. The zero-order valence-corrected chi connectivity index (χ0v) is 8.30. The molecule has 1 unspecified atom stereocenters. The van der Waals surface area contributed by atoms with Crippen molar-refractivity contribution < 1.29 is 5.11 Å². The van der Waals surface area contributed by atoms with Crippen LogP contribution >= 0.6 is 0 Å². The van der Waals surface area contributed by atoms with Gasteiger partial charge in [0, 0.05) is 24.0 Å². The van der Waals surface area contributed by atoms with Gasteiger partial charge in [-0.1, -0.05) is 6.92 Å². The second kappa shape index (κ2) is 4.44. The predicted molar refractivity (Wildman–Crippen MR) is 53.4 cm³/mol. The fourth-order valence-electron chi connectivity index (χ4n) is 1.08. The van der Waals surface area contributed by atoms with Gasteiger partial charge in [0.2, 0.25) is 0 Å². The minimum absolute atomic E-state index is 0.162. The van der Waals surface area contributed by atoms with Crippen molar-refractivity contribution in [2.24, 2.45) is 0 Å². The number of hydrogen-bond acceptors (Lipinski definition) is 2. The summed E-state index contributed by atoms with van der Waals surface area (Å²) in [6.07, 6.45) is 2.82. The maximum atomic E-state index is 9.14. The van der Waals surface area contributed by atoms with Crippen LogP contribution in [0.2, 0.25) is 0 Å². The molecule has 0 aliphatic heterocycles. The normalized spacial score (nSPS) is 15.6. The molecule has 13 heavy (non-hydrogen) atoms. The zero-order valence-electron chi connectivity index (χ0n) is 8.30. The Balaban J connectivity index is 2.41. The topological polar surface area (TPSA) is 48.0 Å². The molecule has 1 rings (SSSR count). The first-order valence-corrected chi connectivity index (χ1v) is 4.68. The monoisotopic (exact) mass is 182 g/mol. The number of aliphatic hydroxyl groups is 1. The fourth-order valence-corrected chi connectivity index (χ4v) is 1.08. The number of rotatable bonds is 5. The van der Waals surface area contributed by atoms with Gasteiger partial charge >= 0.3 is 0 Å². The largest absolute Gasteiger partial charge is 0.394 e. The van der Waals surface area contributed by atoms with Gasteiger partial charge in [-0.2, -0.15) is 0 Å². The third kappa shape index (κ3) is 2.86. The molecule has 1 atom stereocenters. The summed E-state index contributed by atoms with van der Waals surface area (Å²) in [4.78, 5) is 3.11. The van der Waals surface area contributed by atoms with Crippen molar-refractivity contribution in [2.75, 3.05) is 6.61 Å². The minimum Gasteiger partial charge on any atom is -0.394 e. The molecule has 0 saturated carbocycles. The van der Waals surface area contributed by atoms with Crippen LogP contribution in [0.4, 0.5) is 0 Å². The Morgan fingerprint density at radius 3 is 2.85 bits per heavy atom. The van der Waals surface area contributed by atoms with Crippen molar-refractivity contribution in [2.45, 2.75) is 32.4 Å². The molecule has 0 spiro atoms. The molecular weight excluding hydrogens is 164 g/mol. The fraction of sp³-hybridized carbons (Fsp3) is 0.600. The summed E-state index contributed by atoms with van der Waals surface area (Å²) in [6.45, 7) is 5.04.